The summed E-state index contributed by atoms with van der Waals surface area (Å²) in [4.78, 5) is 16.7. The number of amides is 1. The average Bonchev–Trinajstić information content (AvgIpc) is 3.18. The van der Waals surface area contributed by atoms with Crippen LogP contribution in [0.25, 0.3) is 11.0 Å². The first-order valence-corrected chi connectivity index (χ1v) is 7.99. The topological polar surface area (TPSA) is 46.9 Å². The predicted molar refractivity (Wildman–Crippen MR) is 81.9 cm³/mol. The fourth-order valence-corrected chi connectivity index (χ4v) is 3.20. The van der Waals surface area contributed by atoms with Gasteiger partial charge in [0.1, 0.15) is 0 Å². The number of nitrogens with one attached hydrogen (secondary N) is 1. The Labute approximate surface area is 123 Å². The highest BCUT2D eigenvalue weighted by atomic mass is 32.2. The van der Waals surface area contributed by atoms with Gasteiger partial charge in [-0.2, -0.15) is 0 Å². The Morgan fingerprint density at radius 2 is 2.25 bits per heavy atom. The first-order chi connectivity index (χ1) is 9.69. The minimum Gasteiger partial charge on any atom is -0.352 e. The number of nitrogens with zero attached hydrogens (tertiary/aromatic N) is 2. The van der Waals surface area contributed by atoms with Crippen LogP contribution in [-0.4, -0.2) is 26.8 Å². The standard InChI is InChI=1S/C15H19N3OS/c1-3-18-13-7-5-4-6-12(13)17-15(18)20-10(2)14(19)16-11-8-9-11/h4-7,10-11H,3,8-9H2,1-2H3,(H,16,19)/t10-/m1/s1. The quantitative estimate of drug-likeness (QED) is 0.861. The Kier molecular flexibility index (Phi) is 3.70. The Morgan fingerprint density at radius 1 is 1.50 bits per heavy atom. The predicted octanol–water partition coefficient (Wildman–Crippen LogP) is 2.82. The summed E-state index contributed by atoms with van der Waals surface area (Å²) in [5.74, 6) is 0.118. The maximum atomic E-state index is 12.0. The fourth-order valence-electron chi connectivity index (χ4n) is 2.21. The summed E-state index contributed by atoms with van der Waals surface area (Å²) in [6.45, 7) is 4.91. The number of benzene rings is 1. The van der Waals surface area contributed by atoms with E-state index in [2.05, 4.69) is 27.9 Å². The minimum absolute atomic E-state index is 0.113. The first kappa shape index (κ1) is 13.5. The van der Waals surface area contributed by atoms with Gasteiger partial charge in [0.15, 0.2) is 5.16 Å². The first-order valence-electron chi connectivity index (χ1n) is 7.11. The van der Waals surface area contributed by atoms with Crippen molar-refractivity contribution in [3.05, 3.63) is 24.3 Å². The molecule has 0 spiro atoms. The van der Waals surface area contributed by atoms with E-state index in [0.717, 1.165) is 35.6 Å². The van der Waals surface area contributed by atoms with Gasteiger partial charge in [-0.15, -0.1) is 0 Å². The molecule has 1 N–H and O–H groups in total. The average molecular weight is 289 g/mol. The second-order valence-electron chi connectivity index (χ2n) is 5.17. The van der Waals surface area contributed by atoms with Crippen LogP contribution in [0.15, 0.2) is 29.4 Å². The van der Waals surface area contributed by atoms with Gasteiger partial charge in [-0.1, -0.05) is 23.9 Å². The smallest absolute Gasteiger partial charge is 0.233 e. The molecule has 1 fully saturated rings. The number of carbonyl (C=O) groups is 1. The number of rotatable bonds is 5. The van der Waals surface area contributed by atoms with Crippen LogP contribution in [0.1, 0.15) is 26.7 Å². The zero-order valence-corrected chi connectivity index (χ0v) is 12.6. The lowest BCUT2D eigenvalue weighted by Gasteiger charge is -2.12. The van der Waals surface area contributed by atoms with E-state index >= 15 is 0 Å². The highest BCUT2D eigenvalue weighted by molar-refractivity contribution is 8.00. The van der Waals surface area contributed by atoms with Crippen LogP contribution in [0.2, 0.25) is 0 Å². The molecule has 106 valence electrons. The molecule has 1 saturated carbocycles. The van der Waals surface area contributed by atoms with Crippen molar-refractivity contribution in [1.82, 2.24) is 14.9 Å². The molecule has 1 atom stereocenters. The third kappa shape index (κ3) is 2.68. The molecule has 3 rings (SSSR count). The largest absolute Gasteiger partial charge is 0.352 e. The summed E-state index contributed by atoms with van der Waals surface area (Å²) in [7, 11) is 0. The number of para-hydroxylation sites is 2. The SMILES string of the molecule is CCn1c(S[C@H](C)C(=O)NC2CC2)nc2ccccc21. The molecular formula is C15H19N3OS. The van der Waals surface area contributed by atoms with Crippen molar-refractivity contribution < 1.29 is 4.79 Å². The Morgan fingerprint density at radius 3 is 2.95 bits per heavy atom. The second kappa shape index (κ2) is 5.48. The van der Waals surface area contributed by atoms with Crippen molar-refractivity contribution >= 4 is 28.7 Å². The number of carbonyl (C=O) groups excluding carboxylic acids is 1. The highest BCUT2D eigenvalue weighted by Gasteiger charge is 2.26. The monoisotopic (exact) mass is 289 g/mol. The molecule has 1 heterocycles. The van der Waals surface area contributed by atoms with E-state index in [-0.39, 0.29) is 11.2 Å². The van der Waals surface area contributed by atoms with Gasteiger partial charge in [-0.05, 0) is 38.8 Å². The lowest BCUT2D eigenvalue weighted by atomic mass is 10.3. The zero-order chi connectivity index (χ0) is 14.1. The molecule has 0 unspecified atom stereocenters. The summed E-state index contributed by atoms with van der Waals surface area (Å²) in [6, 6.07) is 8.52. The molecule has 0 radical (unpaired) electrons. The number of hydrogen-bond acceptors (Lipinski definition) is 3. The number of thioether (sulfide) groups is 1. The molecule has 1 aromatic heterocycles. The molecule has 1 amide bonds. The van der Waals surface area contributed by atoms with Gasteiger partial charge in [0.2, 0.25) is 5.91 Å². The van der Waals surface area contributed by atoms with Crippen molar-refractivity contribution in [2.45, 2.75) is 49.7 Å². The second-order valence-corrected chi connectivity index (χ2v) is 6.48. The van der Waals surface area contributed by atoms with Gasteiger partial charge >= 0.3 is 0 Å². The van der Waals surface area contributed by atoms with Crippen LogP contribution in [0.3, 0.4) is 0 Å². The number of hydrogen-bond donors (Lipinski definition) is 1. The van der Waals surface area contributed by atoms with Crippen LogP contribution in [0, 0.1) is 0 Å². The molecule has 1 aromatic carbocycles. The Bertz CT molecular complexity index is 633. The van der Waals surface area contributed by atoms with Gasteiger partial charge in [-0.25, -0.2) is 4.98 Å². The molecule has 2 aromatic rings. The Balaban J connectivity index is 1.80. The molecular weight excluding hydrogens is 270 g/mol. The van der Waals surface area contributed by atoms with Crippen LogP contribution in [0.4, 0.5) is 0 Å². The van der Waals surface area contributed by atoms with Gasteiger partial charge in [0, 0.05) is 12.6 Å². The van der Waals surface area contributed by atoms with Crippen molar-refractivity contribution in [2.24, 2.45) is 0 Å². The lowest BCUT2D eigenvalue weighted by Crippen LogP contribution is -2.32. The van der Waals surface area contributed by atoms with Crippen molar-refractivity contribution in [3.8, 4) is 0 Å². The molecule has 4 nitrogen and oxygen atoms in total. The van der Waals surface area contributed by atoms with Crippen LogP contribution < -0.4 is 5.32 Å². The van der Waals surface area contributed by atoms with E-state index in [9.17, 15) is 4.79 Å². The van der Waals surface area contributed by atoms with Crippen LogP contribution in [0.5, 0.6) is 0 Å². The fraction of sp³-hybridized carbons (Fsp3) is 0.467. The van der Waals surface area contributed by atoms with Gasteiger partial charge in [0.25, 0.3) is 0 Å². The number of aryl methyl sites for hydroxylation is 1. The van der Waals surface area contributed by atoms with Crippen LogP contribution in [-0.2, 0) is 11.3 Å². The van der Waals surface area contributed by atoms with Crippen LogP contribution >= 0.6 is 11.8 Å². The summed E-state index contributed by atoms with van der Waals surface area (Å²) in [5, 5.41) is 3.86. The third-order valence-electron chi connectivity index (χ3n) is 3.51. The molecule has 0 saturated heterocycles. The van der Waals surface area contributed by atoms with E-state index < -0.39 is 0 Å². The number of aromatic nitrogens is 2. The van der Waals surface area contributed by atoms with Crippen molar-refractivity contribution in [2.75, 3.05) is 0 Å². The molecule has 1 aliphatic rings. The van der Waals surface area contributed by atoms with Crippen molar-refractivity contribution in [1.29, 1.82) is 0 Å². The maximum absolute atomic E-state index is 12.0. The van der Waals surface area contributed by atoms with E-state index in [4.69, 9.17) is 0 Å². The molecule has 0 aliphatic heterocycles. The summed E-state index contributed by atoms with van der Waals surface area (Å²) >= 11 is 1.54. The Hall–Kier alpha value is -1.49. The number of fused-ring (bicyclic) bond motifs is 1. The molecule has 0 bridgehead atoms. The normalized spacial score (nSPS) is 16.3. The minimum atomic E-state index is -0.113. The zero-order valence-electron chi connectivity index (χ0n) is 11.8. The van der Waals surface area contributed by atoms with E-state index in [0.29, 0.717) is 6.04 Å². The van der Waals surface area contributed by atoms with Gasteiger partial charge in [0.05, 0.1) is 16.3 Å². The maximum Gasteiger partial charge on any atom is 0.233 e. The molecule has 20 heavy (non-hydrogen) atoms. The molecule has 1 aliphatic carbocycles. The lowest BCUT2D eigenvalue weighted by molar-refractivity contribution is -0.120. The van der Waals surface area contributed by atoms with E-state index in [1.807, 2.05) is 25.1 Å². The summed E-state index contributed by atoms with van der Waals surface area (Å²) in [5.41, 5.74) is 2.12. The van der Waals surface area contributed by atoms with E-state index in [1.54, 1.807) is 0 Å². The highest BCUT2D eigenvalue weighted by Crippen LogP contribution is 2.28. The molecule has 5 heteroatoms. The van der Waals surface area contributed by atoms with Crippen molar-refractivity contribution in [3.63, 3.8) is 0 Å². The van der Waals surface area contributed by atoms with Gasteiger partial charge < -0.3 is 9.88 Å². The summed E-state index contributed by atoms with van der Waals surface area (Å²) < 4.78 is 2.17. The number of imidazole rings is 1. The third-order valence-corrected chi connectivity index (χ3v) is 4.60. The summed E-state index contributed by atoms with van der Waals surface area (Å²) in [6.07, 6.45) is 2.24. The van der Waals surface area contributed by atoms with Gasteiger partial charge in [-0.3, -0.25) is 4.79 Å². The van der Waals surface area contributed by atoms with E-state index in [1.165, 1.54) is 11.8 Å².